The molecule has 3 atom stereocenters. The number of hydrogen-bond acceptors (Lipinski definition) is 2. The predicted octanol–water partition coefficient (Wildman–Crippen LogP) is 2.16. The van der Waals surface area contributed by atoms with Gasteiger partial charge in [-0.3, -0.25) is 4.79 Å². The van der Waals surface area contributed by atoms with E-state index in [9.17, 15) is 18.0 Å². The van der Waals surface area contributed by atoms with Crippen LogP contribution in [-0.4, -0.2) is 36.6 Å². The maximum absolute atomic E-state index is 12.7. The second kappa shape index (κ2) is 5.69. The van der Waals surface area contributed by atoms with Gasteiger partial charge in [0.05, 0.1) is 5.92 Å². The molecule has 1 aliphatic carbocycles. The summed E-state index contributed by atoms with van der Waals surface area (Å²) in [6.07, 6.45) is -2.07. The summed E-state index contributed by atoms with van der Waals surface area (Å²) in [4.78, 5) is 14.0. The van der Waals surface area contributed by atoms with E-state index in [1.807, 2.05) is 0 Å². The Bertz CT molecular complexity index is 332. The number of carbonyl (C=O) groups excluding carboxylic acids is 1. The van der Waals surface area contributed by atoms with Crippen molar-refractivity contribution in [1.82, 2.24) is 4.90 Å². The van der Waals surface area contributed by atoms with Crippen LogP contribution in [0.1, 0.15) is 32.1 Å². The van der Waals surface area contributed by atoms with E-state index in [1.165, 1.54) is 0 Å². The quantitative estimate of drug-likeness (QED) is 0.841. The molecule has 1 aliphatic heterocycles. The van der Waals surface area contributed by atoms with Gasteiger partial charge in [-0.15, -0.1) is 0 Å². The molecule has 3 nitrogen and oxygen atoms in total. The van der Waals surface area contributed by atoms with E-state index in [4.69, 9.17) is 5.73 Å². The molecular weight excluding hydrogens is 257 g/mol. The highest BCUT2D eigenvalue weighted by Gasteiger charge is 2.44. The van der Waals surface area contributed by atoms with Gasteiger partial charge in [0.1, 0.15) is 0 Å². The SMILES string of the molecule is NCC1CCN(C(=O)C2CCCC(C(F)(F)F)C2)C1. The monoisotopic (exact) mass is 278 g/mol. The summed E-state index contributed by atoms with van der Waals surface area (Å²) < 4.78 is 38.2. The van der Waals surface area contributed by atoms with Crippen molar-refractivity contribution in [3.63, 3.8) is 0 Å². The van der Waals surface area contributed by atoms with E-state index < -0.39 is 18.0 Å². The van der Waals surface area contributed by atoms with Crippen LogP contribution >= 0.6 is 0 Å². The van der Waals surface area contributed by atoms with Gasteiger partial charge in [-0.2, -0.15) is 13.2 Å². The van der Waals surface area contributed by atoms with Gasteiger partial charge in [-0.1, -0.05) is 6.42 Å². The Hall–Kier alpha value is -0.780. The lowest BCUT2D eigenvalue weighted by molar-refractivity contribution is -0.187. The van der Waals surface area contributed by atoms with E-state index >= 15 is 0 Å². The fraction of sp³-hybridized carbons (Fsp3) is 0.923. The van der Waals surface area contributed by atoms with Crippen LogP contribution in [0.3, 0.4) is 0 Å². The highest BCUT2D eigenvalue weighted by molar-refractivity contribution is 5.79. The Kier molecular flexibility index (Phi) is 4.38. The third-order valence-corrected chi connectivity index (χ3v) is 4.42. The van der Waals surface area contributed by atoms with Crippen molar-refractivity contribution in [2.45, 2.75) is 38.3 Å². The molecule has 110 valence electrons. The van der Waals surface area contributed by atoms with E-state index in [2.05, 4.69) is 0 Å². The molecule has 3 unspecified atom stereocenters. The van der Waals surface area contributed by atoms with Gasteiger partial charge >= 0.3 is 6.18 Å². The number of amides is 1. The molecule has 2 N–H and O–H groups in total. The smallest absolute Gasteiger partial charge is 0.342 e. The Morgan fingerprint density at radius 2 is 2.00 bits per heavy atom. The van der Waals surface area contributed by atoms with Crippen LogP contribution in [0.25, 0.3) is 0 Å². The fourth-order valence-electron chi connectivity index (χ4n) is 3.19. The molecule has 19 heavy (non-hydrogen) atoms. The van der Waals surface area contributed by atoms with Gasteiger partial charge in [-0.05, 0) is 38.1 Å². The maximum Gasteiger partial charge on any atom is 0.391 e. The number of likely N-dealkylation sites (tertiary alicyclic amines) is 1. The lowest BCUT2D eigenvalue weighted by Gasteiger charge is -2.32. The van der Waals surface area contributed by atoms with E-state index in [1.54, 1.807) is 4.90 Å². The molecule has 0 spiro atoms. The van der Waals surface area contributed by atoms with Gasteiger partial charge in [0.25, 0.3) is 0 Å². The number of halogens is 3. The molecule has 2 rings (SSSR count). The topological polar surface area (TPSA) is 46.3 Å². The average molecular weight is 278 g/mol. The first kappa shape index (κ1) is 14.6. The Labute approximate surface area is 111 Å². The summed E-state index contributed by atoms with van der Waals surface area (Å²) in [5, 5.41) is 0. The Balaban J connectivity index is 1.92. The molecule has 6 heteroatoms. The lowest BCUT2D eigenvalue weighted by atomic mass is 9.80. The number of alkyl halides is 3. The van der Waals surface area contributed by atoms with Gasteiger partial charge in [-0.25, -0.2) is 0 Å². The first-order valence-corrected chi connectivity index (χ1v) is 6.97. The number of carbonyl (C=O) groups is 1. The lowest BCUT2D eigenvalue weighted by Crippen LogP contribution is -2.39. The zero-order chi connectivity index (χ0) is 14.0. The summed E-state index contributed by atoms with van der Waals surface area (Å²) >= 11 is 0. The van der Waals surface area contributed by atoms with Gasteiger partial charge in [0, 0.05) is 19.0 Å². The van der Waals surface area contributed by atoms with Crippen molar-refractivity contribution in [2.75, 3.05) is 19.6 Å². The van der Waals surface area contributed by atoms with Crippen molar-refractivity contribution in [2.24, 2.45) is 23.5 Å². The van der Waals surface area contributed by atoms with Crippen molar-refractivity contribution in [3.05, 3.63) is 0 Å². The van der Waals surface area contributed by atoms with Gasteiger partial charge < -0.3 is 10.6 Å². The largest absolute Gasteiger partial charge is 0.391 e. The third kappa shape index (κ3) is 3.41. The van der Waals surface area contributed by atoms with Crippen LogP contribution < -0.4 is 5.73 Å². The van der Waals surface area contributed by atoms with Crippen LogP contribution in [0, 0.1) is 17.8 Å². The van der Waals surface area contributed by atoms with Crippen molar-refractivity contribution in [1.29, 1.82) is 0 Å². The Morgan fingerprint density at radius 1 is 1.26 bits per heavy atom. The number of nitrogens with zero attached hydrogens (tertiary/aromatic N) is 1. The minimum Gasteiger partial charge on any atom is -0.342 e. The Morgan fingerprint density at radius 3 is 2.58 bits per heavy atom. The van der Waals surface area contributed by atoms with Crippen molar-refractivity contribution < 1.29 is 18.0 Å². The standard InChI is InChI=1S/C13H21F3N2O/c14-13(15,16)11-3-1-2-10(6-11)12(19)18-5-4-9(7-17)8-18/h9-11H,1-8,17H2. The molecule has 2 aliphatic rings. The van der Waals surface area contributed by atoms with Crippen LogP contribution in [-0.2, 0) is 4.79 Å². The molecule has 1 saturated heterocycles. The minimum absolute atomic E-state index is 0.0356. The summed E-state index contributed by atoms with van der Waals surface area (Å²) in [5.41, 5.74) is 5.57. The maximum atomic E-state index is 12.7. The molecule has 0 bridgehead atoms. The van der Waals surface area contributed by atoms with E-state index in [-0.39, 0.29) is 18.7 Å². The summed E-state index contributed by atoms with van der Waals surface area (Å²) in [6, 6.07) is 0. The molecule has 0 aromatic heterocycles. The molecule has 2 fully saturated rings. The van der Waals surface area contributed by atoms with E-state index in [0.717, 1.165) is 6.42 Å². The fourth-order valence-corrected chi connectivity index (χ4v) is 3.19. The van der Waals surface area contributed by atoms with Gasteiger partial charge in [0.15, 0.2) is 0 Å². The predicted molar refractivity (Wildman–Crippen MR) is 65.2 cm³/mol. The molecular formula is C13H21F3N2O. The molecule has 1 amide bonds. The molecule has 1 heterocycles. The number of hydrogen-bond donors (Lipinski definition) is 1. The molecule has 1 saturated carbocycles. The number of nitrogens with two attached hydrogens (primary N) is 1. The summed E-state index contributed by atoms with van der Waals surface area (Å²) in [5.74, 6) is -1.53. The zero-order valence-electron chi connectivity index (χ0n) is 11.0. The van der Waals surface area contributed by atoms with Crippen LogP contribution in [0.4, 0.5) is 13.2 Å². The van der Waals surface area contributed by atoms with Crippen molar-refractivity contribution in [3.8, 4) is 0 Å². The second-order valence-corrected chi connectivity index (χ2v) is 5.78. The van der Waals surface area contributed by atoms with Crippen molar-refractivity contribution >= 4 is 5.91 Å². The van der Waals surface area contributed by atoms with Crippen LogP contribution in [0.5, 0.6) is 0 Å². The van der Waals surface area contributed by atoms with E-state index in [0.29, 0.717) is 38.4 Å². The molecule has 0 aromatic rings. The highest BCUT2D eigenvalue weighted by Crippen LogP contribution is 2.40. The average Bonchev–Trinajstić information content (AvgIpc) is 2.86. The molecule has 0 radical (unpaired) electrons. The summed E-state index contributed by atoms with van der Waals surface area (Å²) in [6.45, 7) is 1.80. The normalized spacial score (nSPS) is 32.6. The second-order valence-electron chi connectivity index (χ2n) is 5.78. The van der Waals surface area contributed by atoms with Crippen LogP contribution in [0.2, 0.25) is 0 Å². The van der Waals surface area contributed by atoms with Gasteiger partial charge in [0.2, 0.25) is 5.91 Å². The first-order chi connectivity index (χ1) is 8.91. The molecule has 0 aromatic carbocycles. The third-order valence-electron chi connectivity index (χ3n) is 4.42. The minimum atomic E-state index is -4.16. The first-order valence-electron chi connectivity index (χ1n) is 6.97. The highest BCUT2D eigenvalue weighted by atomic mass is 19.4. The number of rotatable bonds is 2. The van der Waals surface area contributed by atoms with Crippen LogP contribution in [0.15, 0.2) is 0 Å². The summed E-state index contributed by atoms with van der Waals surface area (Å²) in [7, 11) is 0. The zero-order valence-corrected chi connectivity index (χ0v) is 11.0.